The molecule has 0 bridgehead atoms. The van der Waals surface area contributed by atoms with Crippen LogP contribution in [0.4, 0.5) is 11.8 Å². The SMILES string of the molecule is CC1CCN(c2nccc(NCc3ccco3)n2)CC1. The van der Waals surface area contributed by atoms with Crippen molar-refractivity contribution in [2.75, 3.05) is 23.3 Å². The van der Waals surface area contributed by atoms with Crippen LogP contribution in [-0.2, 0) is 6.54 Å². The van der Waals surface area contributed by atoms with Crippen molar-refractivity contribution < 1.29 is 4.42 Å². The van der Waals surface area contributed by atoms with E-state index in [0.29, 0.717) is 6.54 Å². The number of nitrogens with one attached hydrogen (secondary N) is 1. The van der Waals surface area contributed by atoms with E-state index in [9.17, 15) is 0 Å². The van der Waals surface area contributed by atoms with Crippen LogP contribution >= 0.6 is 0 Å². The van der Waals surface area contributed by atoms with Gasteiger partial charge in [-0.05, 0) is 37.0 Å². The zero-order valence-corrected chi connectivity index (χ0v) is 11.7. The first kappa shape index (κ1) is 13.0. The standard InChI is InChI=1S/C15H20N4O/c1-12-5-8-19(9-6-12)15-16-7-4-14(18-15)17-11-13-3-2-10-20-13/h2-4,7,10,12H,5-6,8-9,11H2,1H3,(H,16,17,18). The van der Waals surface area contributed by atoms with E-state index in [2.05, 4.69) is 27.1 Å². The fraction of sp³-hybridized carbons (Fsp3) is 0.467. The monoisotopic (exact) mass is 272 g/mol. The Morgan fingerprint density at radius 3 is 2.95 bits per heavy atom. The lowest BCUT2D eigenvalue weighted by molar-refractivity contribution is 0.434. The van der Waals surface area contributed by atoms with Gasteiger partial charge < -0.3 is 14.6 Å². The number of anilines is 2. The summed E-state index contributed by atoms with van der Waals surface area (Å²) >= 11 is 0. The van der Waals surface area contributed by atoms with Gasteiger partial charge in [-0.2, -0.15) is 4.98 Å². The third kappa shape index (κ3) is 3.10. The number of furan rings is 1. The summed E-state index contributed by atoms with van der Waals surface area (Å²) in [6, 6.07) is 5.72. The molecule has 0 aromatic carbocycles. The van der Waals surface area contributed by atoms with E-state index in [-0.39, 0.29) is 0 Å². The predicted octanol–water partition coefficient (Wildman–Crippen LogP) is 2.92. The van der Waals surface area contributed by atoms with Gasteiger partial charge in [0.2, 0.25) is 5.95 Å². The van der Waals surface area contributed by atoms with Crippen LogP contribution < -0.4 is 10.2 Å². The van der Waals surface area contributed by atoms with Gasteiger partial charge in [-0.1, -0.05) is 6.92 Å². The molecule has 20 heavy (non-hydrogen) atoms. The Balaban J connectivity index is 1.63. The number of nitrogens with zero attached hydrogens (tertiary/aromatic N) is 3. The molecule has 1 N–H and O–H groups in total. The summed E-state index contributed by atoms with van der Waals surface area (Å²) in [6.07, 6.45) is 5.92. The summed E-state index contributed by atoms with van der Waals surface area (Å²) in [7, 11) is 0. The molecule has 0 atom stereocenters. The largest absolute Gasteiger partial charge is 0.467 e. The number of piperidine rings is 1. The molecule has 0 saturated carbocycles. The highest BCUT2D eigenvalue weighted by molar-refractivity contribution is 5.41. The average Bonchev–Trinajstić information content (AvgIpc) is 3.00. The molecule has 2 aromatic rings. The molecule has 0 amide bonds. The highest BCUT2D eigenvalue weighted by Gasteiger charge is 2.17. The topological polar surface area (TPSA) is 54.2 Å². The van der Waals surface area contributed by atoms with Crippen LogP contribution in [0.3, 0.4) is 0 Å². The predicted molar refractivity (Wildman–Crippen MR) is 78.7 cm³/mol. The maximum absolute atomic E-state index is 5.30. The highest BCUT2D eigenvalue weighted by atomic mass is 16.3. The van der Waals surface area contributed by atoms with Gasteiger partial charge in [-0.25, -0.2) is 4.98 Å². The van der Waals surface area contributed by atoms with Crippen LogP contribution in [0.1, 0.15) is 25.5 Å². The van der Waals surface area contributed by atoms with E-state index < -0.39 is 0 Å². The second-order valence-corrected chi connectivity index (χ2v) is 5.34. The Hall–Kier alpha value is -2.04. The van der Waals surface area contributed by atoms with Gasteiger partial charge in [-0.3, -0.25) is 0 Å². The molecule has 0 spiro atoms. The minimum atomic E-state index is 0.639. The van der Waals surface area contributed by atoms with Gasteiger partial charge in [0, 0.05) is 19.3 Å². The Labute approximate surface area is 119 Å². The normalized spacial score (nSPS) is 16.4. The van der Waals surface area contributed by atoms with Crippen molar-refractivity contribution in [2.45, 2.75) is 26.3 Å². The van der Waals surface area contributed by atoms with Gasteiger partial charge in [-0.15, -0.1) is 0 Å². The molecule has 1 aliphatic rings. The maximum Gasteiger partial charge on any atom is 0.227 e. The van der Waals surface area contributed by atoms with E-state index in [1.165, 1.54) is 12.8 Å². The van der Waals surface area contributed by atoms with Crippen molar-refractivity contribution in [1.82, 2.24) is 9.97 Å². The van der Waals surface area contributed by atoms with E-state index in [0.717, 1.165) is 36.5 Å². The van der Waals surface area contributed by atoms with Crippen molar-refractivity contribution in [2.24, 2.45) is 5.92 Å². The van der Waals surface area contributed by atoms with Crippen LogP contribution in [-0.4, -0.2) is 23.1 Å². The van der Waals surface area contributed by atoms with E-state index in [4.69, 9.17) is 4.42 Å². The van der Waals surface area contributed by atoms with Gasteiger partial charge in [0.25, 0.3) is 0 Å². The third-order valence-corrected chi connectivity index (χ3v) is 3.73. The first-order chi connectivity index (χ1) is 9.81. The Bertz CT molecular complexity index is 533. The zero-order valence-electron chi connectivity index (χ0n) is 11.7. The van der Waals surface area contributed by atoms with Crippen molar-refractivity contribution in [3.8, 4) is 0 Å². The second-order valence-electron chi connectivity index (χ2n) is 5.34. The summed E-state index contributed by atoms with van der Waals surface area (Å²) in [5.41, 5.74) is 0. The Morgan fingerprint density at radius 2 is 2.20 bits per heavy atom. The molecule has 3 heterocycles. The molecule has 1 fully saturated rings. The quantitative estimate of drug-likeness (QED) is 0.927. The van der Waals surface area contributed by atoms with Gasteiger partial charge in [0.05, 0.1) is 12.8 Å². The van der Waals surface area contributed by atoms with Crippen molar-refractivity contribution >= 4 is 11.8 Å². The number of hydrogen-bond acceptors (Lipinski definition) is 5. The van der Waals surface area contributed by atoms with Crippen LogP contribution in [0.15, 0.2) is 35.1 Å². The minimum Gasteiger partial charge on any atom is -0.467 e. The van der Waals surface area contributed by atoms with Crippen LogP contribution in [0.5, 0.6) is 0 Å². The smallest absolute Gasteiger partial charge is 0.227 e. The molecule has 5 heteroatoms. The lowest BCUT2D eigenvalue weighted by atomic mass is 10.00. The summed E-state index contributed by atoms with van der Waals surface area (Å²) < 4.78 is 5.30. The maximum atomic E-state index is 5.30. The third-order valence-electron chi connectivity index (χ3n) is 3.73. The molecule has 106 valence electrons. The minimum absolute atomic E-state index is 0.639. The lowest BCUT2D eigenvalue weighted by Crippen LogP contribution is -2.34. The van der Waals surface area contributed by atoms with Crippen LogP contribution in [0, 0.1) is 5.92 Å². The average molecular weight is 272 g/mol. The molecular formula is C15H20N4O. The number of rotatable bonds is 4. The summed E-state index contributed by atoms with van der Waals surface area (Å²) in [6.45, 7) is 5.03. The Morgan fingerprint density at radius 1 is 1.35 bits per heavy atom. The van der Waals surface area contributed by atoms with Gasteiger partial charge >= 0.3 is 0 Å². The fourth-order valence-corrected chi connectivity index (χ4v) is 2.40. The molecule has 0 unspecified atom stereocenters. The summed E-state index contributed by atoms with van der Waals surface area (Å²) in [5, 5.41) is 3.26. The number of aromatic nitrogens is 2. The van der Waals surface area contributed by atoms with Gasteiger partial charge in [0.1, 0.15) is 11.6 Å². The summed E-state index contributed by atoms with van der Waals surface area (Å²) in [4.78, 5) is 11.2. The van der Waals surface area contributed by atoms with Crippen LogP contribution in [0.2, 0.25) is 0 Å². The molecule has 3 rings (SSSR count). The first-order valence-electron chi connectivity index (χ1n) is 7.15. The molecule has 2 aromatic heterocycles. The molecule has 1 saturated heterocycles. The second kappa shape index (κ2) is 5.94. The van der Waals surface area contributed by atoms with Crippen molar-refractivity contribution in [3.05, 3.63) is 36.4 Å². The number of hydrogen-bond donors (Lipinski definition) is 1. The molecule has 0 aliphatic carbocycles. The lowest BCUT2D eigenvalue weighted by Gasteiger charge is -2.30. The van der Waals surface area contributed by atoms with Crippen LogP contribution in [0.25, 0.3) is 0 Å². The van der Waals surface area contributed by atoms with E-state index in [1.54, 1.807) is 6.26 Å². The zero-order chi connectivity index (χ0) is 13.8. The molecular weight excluding hydrogens is 252 g/mol. The van der Waals surface area contributed by atoms with E-state index in [1.807, 2.05) is 24.4 Å². The van der Waals surface area contributed by atoms with Gasteiger partial charge in [0.15, 0.2) is 0 Å². The molecule has 5 nitrogen and oxygen atoms in total. The molecule has 0 radical (unpaired) electrons. The fourth-order valence-electron chi connectivity index (χ4n) is 2.40. The van der Waals surface area contributed by atoms with Crippen molar-refractivity contribution in [3.63, 3.8) is 0 Å². The molecule has 1 aliphatic heterocycles. The van der Waals surface area contributed by atoms with Crippen molar-refractivity contribution in [1.29, 1.82) is 0 Å². The van der Waals surface area contributed by atoms with E-state index >= 15 is 0 Å². The summed E-state index contributed by atoms with van der Waals surface area (Å²) in [5.74, 6) is 3.37. The highest BCUT2D eigenvalue weighted by Crippen LogP contribution is 2.20. The first-order valence-corrected chi connectivity index (χ1v) is 7.15. The Kier molecular flexibility index (Phi) is 3.85.